The van der Waals surface area contributed by atoms with Gasteiger partial charge in [-0.3, -0.25) is 0 Å². The van der Waals surface area contributed by atoms with E-state index in [9.17, 15) is 0 Å². The molecule has 0 saturated carbocycles. The first-order valence-corrected chi connectivity index (χ1v) is 24.7. The zero-order valence-electron chi connectivity index (χ0n) is 27.9. The van der Waals surface area contributed by atoms with Gasteiger partial charge in [0.1, 0.15) is 0 Å². The standard InChI is InChI=1S/C25H31O.C9H13.C2H7Si.2ClH.Zr/c1-16-13-18-15-21(25(5,6)7)23(26-8)22(20(18)14-16)17-9-11-19(12-10-17)24(2,3)4;1-6-5-7(2)9(4)8(6)3;1-3-2;;;/h9-15H,1-8H3;5H,1-4H3;3H,1-2H3;2*1H;/q;;;;;+2/p-2. The van der Waals surface area contributed by atoms with Crippen molar-refractivity contribution in [1.82, 2.24) is 0 Å². The molecule has 0 aromatic heterocycles. The Kier molecular flexibility index (Phi) is 11.5. The normalized spacial score (nSPS) is 17.4. The van der Waals surface area contributed by atoms with Crippen LogP contribution >= 0.6 is 0 Å². The molecule has 2 aromatic rings. The van der Waals surface area contributed by atoms with Crippen LogP contribution < -0.4 is 29.6 Å². The van der Waals surface area contributed by atoms with Gasteiger partial charge in [0.15, 0.2) is 0 Å². The summed E-state index contributed by atoms with van der Waals surface area (Å²) >= 11 is -2.01. The molecule has 0 fully saturated rings. The van der Waals surface area contributed by atoms with Gasteiger partial charge in [-0.1, -0.05) is 0 Å². The second-order valence-corrected chi connectivity index (χ2v) is 34.5. The van der Waals surface area contributed by atoms with Gasteiger partial charge in [-0.25, -0.2) is 0 Å². The number of ether oxygens (including phenoxy) is 1. The quantitative estimate of drug-likeness (QED) is 0.421. The third-order valence-electron chi connectivity index (χ3n) is 9.49. The zero-order valence-corrected chi connectivity index (χ0v) is 33.0. The summed E-state index contributed by atoms with van der Waals surface area (Å²) in [5.74, 6) is 0.199. The molecule has 2 aromatic carbocycles. The van der Waals surface area contributed by atoms with Crippen LogP contribution in [0.2, 0.25) is 16.7 Å². The van der Waals surface area contributed by atoms with Gasteiger partial charge < -0.3 is 24.8 Å². The Hall–Kier alpha value is -0.860. The van der Waals surface area contributed by atoms with Gasteiger partial charge in [0.05, 0.1) is 0 Å². The molecule has 41 heavy (non-hydrogen) atoms. The van der Waals surface area contributed by atoms with E-state index in [4.69, 9.17) is 4.74 Å². The van der Waals surface area contributed by atoms with Crippen LogP contribution in [-0.4, -0.2) is 13.0 Å². The maximum Gasteiger partial charge on any atom is -1.00 e. The van der Waals surface area contributed by atoms with Gasteiger partial charge in [-0.05, 0) is 0 Å². The number of benzene rings is 2. The first-order chi connectivity index (χ1) is 18.0. The third kappa shape index (κ3) is 6.50. The molecular formula is C36H51Cl2OSiZr. The summed E-state index contributed by atoms with van der Waals surface area (Å²) in [5, 5.41) is 0. The molecule has 1 unspecified atom stereocenters. The fourth-order valence-corrected chi connectivity index (χ4v) is 31.0. The summed E-state index contributed by atoms with van der Waals surface area (Å²) in [6.45, 7) is 31.3. The van der Waals surface area contributed by atoms with Crippen molar-refractivity contribution in [3.05, 3.63) is 80.5 Å². The minimum Gasteiger partial charge on any atom is -1.00 e. The van der Waals surface area contributed by atoms with Gasteiger partial charge in [-0.2, -0.15) is 0 Å². The maximum absolute atomic E-state index is 6.30. The summed E-state index contributed by atoms with van der Waals surface area (Å²) in [4.78, 5) is 0. The van der Waals surface area contributed by atoms with Crippen LogP contribution in [0.5, 0.6) is 5.75 Å². The van der Waals surface area contributed by atoms with E-state index in [1.54, 1.807) is 33.4 Å². The van der Waals surface area contributed by atoms with Crippen molar-refractivity contribution in [1.29, 1.82) is 0 Å². The van der Waals surface area contributed by atoms with Crippen molar-refractivity contribution < 1.29 is 50.5 Å². The molecule has 4 rings (SSSR count). The van der Waals surface area contributed by atoms with Gasteiger partial charge >= 0.3 is 249 Å². The molecule has 1 nitrogen and oxygen atoms in total. The van der Waals surface area contributed by atoms with Crippen LogP contribution in [0.15, 0.2) is 58.2 Å². The monoisotopic (exact) mass is 687 g/mol. The molecule has 5 heteroatoms. The van der Waals surface area contributed by atoms with Crippen molar-refractivity contribution >= 4 is 12.0 Å². The molecule has 2 aliphatic rings. The minimum atomic E-state index is -2.01. The van der Waals surface area contributed by atoms with E-state index in [-0.39, 0.29) is 35.6 Å². The van der Waals surface area contributed by atoms with Crippen LogP contribution in [0.1, 0.15) is 102 Å². The molecular weight excluding hydrogens is 639 g/mol. The number of methoxy groups -OCH3 is 1. The van der Waals surface area contributed by atoms with Crippen LogP contribution in [0.3, 0.4) is 0 Å². The van der Waals surface area contributed by atoms with E-state index in [1.165, 1.54) is 27.8 Å². The van der Waals surface area contributed by atoms with E-state index < -0.39 is 26.8 Å². The Labute approximate surface area is 272 Å². The molecule has 0 radical (unpaired) electrons. The van der Waals surface area contributed by atoms with E-state index in [0.29, 0.717) is 3.63 Å². The smallest absolute Gasteiger partial charge is 1.00 e. The van der Waals surface area contributed by atoms with Crippen LogP contribution in [0.25, 0.3) is 17.2 Å². The minimum absolute atomic E-state index is 0. The number of halogens is 2. The largest absolute Gasteiger partial charge is 1.00 e. The molecule has 0 heterocycles. The third-order valence-corrected chi connectivity index (χ3v) is 31.9. The van der Waals surface area contributed by atoms with Gasteiger partial charge in [-0.15, -0.1) is 0 Å². The van der Waals surface area contributed by atoms with Gasteiger partial charge in [0.25, 0.3) is 0 Å². The Morgan fingerprint density at radius 1 is 0.756 bits per heavy atom. The molecule has 0 saturated heterocycles. The van der Waals surface area contributed by atoms with Gasteiger partial charge in [0, 0.05) is 0 Å². The summed E-state index contributed by atoms with van der Waals surface area (Å²) in [6, 6.07) is 11.9. The predicted octanol–water partition coefficient (Wildman–Crippen LogP) is 4.50. The van der Waals surface area contributed by atoms with Crippen molar-refractivity contribution in [2.45, 2.75) is 107 Å². The Balaban J connectivity index is 0.00000294. The summed E-state index contributed by atoms with van der Waals surface area (Å²) in [6.07, 6.45) is 2.55. The number of hydrogen-bond donors (Lipinski definition) is 0. The second-order valence-electron chi connectivity index (χ2n) is 14.4. The molecule has 223 valence electrons. The fraction of sp³-hybridized carbons (Fsp3) is 0.500. The van der Waals surface area contributed by atoms with Crippen molar-refractivity contribution in [3.8, 4) is 16.9 Å². The molecule has 2 aliphatic carbocycles. The summed E-state index contributed by atoms with van der Waals surface area (Å²) in [5.41, 5.74) is 16.5. The number of allylic oxidation sites excluding steroid dienone is 5. The second kappa shape index (κ2) is 13.0. The van der Waals surface area contributed by atoms with Crippen molar-refractivity contribution in [3.63, 3.8) is 0 Å². The first kappa shape index (κ1) is 36.3. The Morgan fingerprint density at radius 3 is 1.68 bits per heavy atom. The molecule has 0 spiro atoms. The van der Waals surface area contributed by atoms with Gasteiger partial charge in [0.2, 0.25) is 0 Å². The van der Waals surface area contributed by atoms with Crippen LogP contribution in [0.4, 0.5) is 0 Å². The predicted molar refractivity (Wildman–Crippen MR) is 172 cm³/mol. The average molecular weight is 690 g/mol. The molecule has 1 atom stereocenters. The summed E-state index contributed by atoms with van der Waals surface area (Å²) in [7, 11) is 1.86. The Bertz CT molecular complexity index is 1360. The first-order valence-electron chi connectivity index (χ1n) is 14.8. The maximum atomic E-state index is 6.30. The molecule has 0 N–H and O–H groups in total. The summed E-state index contributed by atoms with van der Waals surface area (Å²) < 4.78 is 7.69. The van der Waals surface area contributed by atoms with E-state index in [2.05, 4.69) is 126 Å². The van der Waals surface area contributed by atoms with Crippen molar-refractivity contribution in [2.24, 2.45) is 0 Å². The van der Waals surface area contributed by atoms with E-state index in [0.717, 1.165) is 9.38 Å². The fourth-order valence-electron chi connectivity index (χ4n) is 6.97. The molecule has 0 bridgehead atoms. The number of fused-ring (bicyclic) bond motifs is 1. The van der Waals surface area contributed by atoms with E-state index in [1.807, 2.05) is 7.11 Å². The van der Waals surface area contributed by atoms with E-state index >= 15 is 0 Å². The van der Waals surface area contributed by atoms with Crippen LogP contribution in [-0.2, 0) is 31.7 Å². The Morgan fingerprint density at radius 2 is 1.27 bits per heavy atom. The zero-order chi connectivity index (χ0) is 29.2. The SMILES string of the molecule is COc1c(C(C)(C)C)cc2c(c1-c1ccc(C(C)(C)C)cc1)C=C(C)[CH]2[Zr+2]([CH]1C(C)=C(C)C(C)=C1C)[SiH](C)C.[Cl-].[Cl-]. The van der Waals surface area contributed by atoms with Crippen LogP contribution in [0, 0.1) is 0 Å². The number of rotatable bonds is 5. The average Bonchev–Trinajstić information content (AvgIpc) is 3.26. The topological polar surface area (TPSA) is 9.23 Å². The molecule has 0 aliphatic heterocycles. The molecule has 0 amide bonds. The van der Waals surface area contributed by atoms with Crippen molar-refractivity contribution in [2.75, 3.05) is 7.11 Å². The number of hydrogen-bond acceptors (Lipinski definition) is 1.